The Morgan fingerprint density at radius 1 is 1.22 bits per heavy atom. The van der Waals surface area contributed by atoms with Crippen molar-refractivity contribution in [2.75, 3.05) is 13.2 Å². The summed E-state index contributed by atoms with van der Waals surface area (Å²) in [5.74, 6) is -1.62. The van der Waals surface area contributed by atoms with Crippen molar-refractivity contribution in [3.05, 3.63) is 48.0 Å². The van der Waals surface area contributed by atoms with Crippen molar-refractivity contribution in [2.45, 2.75) is 64.5 Å². The van der Waals surface area contributed by atoms with Crippen LogP contribution in [0, 0.1) is 11.8 Å². The van der Waals surface area contributed by atoms with Gasteiger partial charge in [-0.05, 0) is 52.0 Å². The summed E-state index contributed by atoms with van der Waals surface area (Å²) in [6.07, 6.45) is 6.23. The molecule has 0 bridgehead atoms. The first-order valence-corrected chi connectivity index (χ1v) is 11.3. The van der Waals surface area contributed by atoms with E-state index in [1.54, 1.807) is 20.8 Å². The highest BCUT2D eigenvalue weighted by Crippen LogP contribution is 2.20. The van der Waals surface area contributed by atoms with Gasteiger partial charge in [-0.15, -0.1) is 0 Å². The van der Waals surface area contributed by atoms with Crippen LogP contribution in [0.15, 0.2) is 42.5 Å². The van der Waals surface area contributed by atoms with Crippen molar-refractivity contribution in [3.8, 4) is 0 Å². The largest absolute Gasteiger partial charge is 0.463 e. The highest BCUT2D eigenvalue weighted by molar-refractivity contribution is 5.86. The Bertz CT molecular complexity index is 791. The second-order valence-corrected chi connectivity index (χ2v) is 9.20. The number of aliphatic hydroxyl groups excluding tert-OH is 1. The van der Waals surface area contributed by atoms with Crippen molar-refractivity contribution in [1.82, 2.24) is 10.6 Å². The number of allylic oxidation sites excluding steroid dienone is 2. The van der Waals surface area contributed by atoms with Crippen LogP contribution in [0.4, 0.5) is 0 Å². The Labute approximate surface area is 190 Å². The van der Waals surface area contributed by atoms with Crippen molar-refractivity contribution >= 4 is 17.8 Å². The van der Waals surface area contributed by atoms with Crippen LogP contribution >= 0.6 is 0 Å². The van der Waals surface area contributed by atoms with E-state index in [1.165, 1.54) is 0 Å². The normalized spacial score (nSPS) is 23.0. The van der Waals surface area contributed by atoms with E-state index in [-0.39, 0.29) is 49.4 Å². The number of hydrogen-bond donors (Lipinski definition) is 3. The summed E-state index contributed by atoms with van der Waals surface area (Å²) in [4.78, 5) is 38.0. The number of amides is 2. The minimum Gasteiger partial charge on any atom is -0.463 e. The van der Waals surface area contributed by atoms with E-state index in [4.69, 9.17) is 9.84 Å². The Morgan fingerprint density at radius 3 is 2.62 bits per heavy atom. The molecule has 0 fully saturated rings. The third-order valence-corrected chi connectivity index (χ3v) is 5.45. The lowest BCUT2D eigenvalue weighted by molar-refractivity contribution is -0.151. The number of rotatable bonds is 6. The number of carbonyl (C=O) groups is 3. The lowest BCUT2D eigenvalue weighted by Crippen LogP contribution is -2.50. The van der Waals surface area contributed by atoms with E-state index in [0.717, 1.165) is 5.56 Å². The molecular formula is C25H36N2O5. The summed E-state index contributed by atoms with van der Waals surface area (Å²) in [7, 11) is 0. The number of ether oxygens (including phenoxy) is 1. The van der Waals surface area contributed by atoms with E-state index < -0.39 is 11.5 Å². The van der Waals surface area contributed by atoms with E-state index in [0.29, 0.717) is 25.7 Å². The highest BCUT2D eigenvalue weighted by atomic mass is 16.5. The molecule has 7 nitrogen and oxygen atoms in total. The molecular weight excluding hydrogens is 408 g/mol. The molecule has 2 amide bonds. The monoisotopic (exact) mass is 444 g/mol. The molecule has 7 heteroatoms. The lowest BCUT2D eigenvalue weighted by atomic mass is 9.94. The van der Waals surface area contributed by atoms with Crippen molar-refractivity contribution < 1.29 is 24.2 Å². The molecule has 1 aliphatic heterocycles. The summed E-state index contributed by atoms with van der Waals surface area (Å²) in [5, 5.41) is 14.7. The van der Waals surface area contributed by atoms with E-state index in [2.05, 4.69) is 10.6 Å². The molecule has 1 aromatic rings. The molecule has 0 radical (unpaired) electrons. The van der Waals surface area contributed by atoms with Gasteiger partial charge >= 0.3 is 5.97 Å². The first-order chi connectivity index (χ1) is 15.2. The van der Waals surface area contributed by atoms with Crippen LogP contribution in [-0.4, -0.2) is 47.7 Å². The minimum atomic E-state index is -0.769. The van der Waals surface area contributed by atoms with Crippen LogP contribution in [0.2, 0.25) is 0 Å². The first-order valence-electron chi connectivity index (χ1n) is 11.3. The molecule has 1 aromatic carbocycles. The number of esters is 1. The van der Waals surface area contributed by atoms with Gasteiger partial charge in [0, 0.05) is 12.5 Å². The number of benzene rings is 1. The number of aliphatic hydroxyl groups is 1. The molecule has 2 rings (SSSR count). The molecule has 3 N–H and O–H groups in total. The van der Waals surface area contributed by atoms with Crippen LogP contribution in [-0.2, 0) is 25.5 Å². The van der Waals surface area contributed by atoms with Gasteiger partial charge < -0.3 is 20.5 Å². The van der Waals surface area contributed by atoms with Gasteiger partial charge in [0.2, 0.25) is 11.8 Å². The van der Waals surface area contributed by atoms with Gasteiger partial charge in [-0.25, -0.2) is 0 Å². The van der Waals surface area contributed by atoms with Gasteiger partial charge in [0.05, 0.1) is 24.0 Å². The quantitative estimate of drug-likeness (QED) is 0.462. The molecule has 3 atom stereocenters. The number of nitrogens with one attached hydrogen (secondary N) is 2. The second-order valence-electron chi connectivity index (χ2n) is 9.20. The molecule has 0 saturated carbocycles. The molecule has 0 aromatic heterocycles. The first kappa shape index (κ1) is 25.6. The van der Waals surface area contributed by atoms with Crippen molar-refractivity contribution in [3.63, 3.8) is 0 Å². The Hall–Kier alpha value is -2.67. The third-order valence-electron chi connectivity index (χ3n) is 5.45. The molecule has 1 aliphatic rings. The fourth-order valence-corrected chi connectivity index (χ4v) is 3.60. The number of hydrogen-bond acceptors (Lipinski definition) is 5. The molecule has 176 valence electrons. The van der Waals surface area contributed by atoms with Crippen molar-refractivity contribution in [2.24, 2.45) is 11.8 Å². The van der Waals surface area contributed by atoms with Crippen LogP contribution in [0.3, 0.4) is 0 Å². The number of cyclic esters (lactones) is 1. The highest BCUT2D eigenvalue weighted by Gasteiger charge is 2.30. The fraction of sp³-hybridized carbons (Fsp3) is 0.560. The molecule has 0 spiro atoms. The standard InChI is InChI=1S/C25H36N2O5/c1-18(16-28)26-22(29)15-20-12-8-5-9-13-21(14-19-10-6-4-7-11-19)24(31)32-17-25(2,3)27-23(20)30/h4-8,10-11,18,20-21,28H,9,12-17H2,1-3H3,(H,26,29)(H,27,30). The van der Waals surface area contributed by atoms with E-state index in [9.17, 15) is 14.4 Å². The maximum absolute atomic E-state index is 12.9. The molecule has 0 saturated heterocycles. The maximum atomic E-state index is 12.9. The average Bonchev–Trinajstić information content (AvgIpc) is 2.75. The zero-order valence-electron chi connectivity index (χ0n) is 19.3. The van der Waals surface area contributed by atoms with Crippen LogP contribution in [0.5, 0.6) is 0 Å². The summed E-state index contributed by atoms with van der Waals surface area (Å²) in [6.45, 7) is 5.18. The molecule has 3 unspecified atom stereocenters. The van der Waals surface area contributed by atoms with Crippen LogP contribution in [0.25, 0.3) is 0 Å². The van der Waals surface area contributed by atoms with E-state index in [1.807, 2.05) is 42.5 Å². The maximum Gasteiger partial charge on any atom is 0.309 e. The predicted molar refractivity (Wildman–Crippen MR) is 123 cm³/mol. The minimum absolute atomic E-state index is 0.0208. The molecule has 32 heavy (non-hydrogen) atoms. The van der Waals surface area contributed by atoms with Crippen LogP contribution in [0.1, 0.15) is 52.0 Å². The second kappa shape index (κ2) is 12.4. The smallest absolute Gasteiger partial charge is 0.309 e. The lowest BCUT2D eigenvalue weighted by Gasteiger charge is -2.29. The average molecular weight is 445 g/mol. The summed E-state index contributed by atoms with van der Waals surface area (Å²) < 4.78 is 5.60. The van der Waals surface area contributed by atoms with Gasteiger partial charge in [0.25, 0.3) is 0 Å². The van der Waals surface area contributed by atoms with Gasteiger partial charge in [-0.3, -0.25) is 14.4 Å². The fourth-order valence-electron chi connectivity index (χ4n) is 3.60. The number of carbonyl (C=O) groups excluding carboxylic acids is 3. The zero-order chi connectivity index (χ0) is 23.6. The van der Waals surface area contributed by atoms with Gasteiger partial charge in [-0.2, -0.15) is 0 Å². The topological polar surface area (TPSA) is 105 Å². The Balaban J connectivity index is 2.11. The Kier molecular flexibility index (Phi) is 9.91. The predicted octanol–water partition coefficient (Wildman–Crippen LogP) is 2.53. The van der Waals surface area contributed by atoms with Crippen LogP contribution < -0.4 is 10.6 Å². The molecule has 0 aliphatic carbocycles. The zero-order valence-corrected chi connectivity index (χ0v) is 19.3. The van der Waals surface area contributed by atoms with Gasteiger partial charge in [0.15, 0.2) is 0 Å². The van der Waals surface area contributed by atoms with E-state index >= 15 is 0 Å². The summed E-state index contributed by atoms with van der Waals surface area (Å²) in [5.41, 5.74) is 0.313. The SMILES string of the molecule is CC(CO)NC(=O)CC1CC=CCCC(Cc2ccccc2)C(=O)OCC(C)(C)NC1=O. The molecule has 1 heterocycles. The summed E-state index contributed by atoms with van der Waals surface area (Å²) >= 11 is 0. The Morgan fingerprint density at radius 2 is 1.94 bits per heavy atom. The third kappa shape index (κ3) is 8.83. The van der Waals surface area contributed by atoms with Gasteiger partial charge in [0.1, 0.15) is 6.61 Å². The van der Waals surface area contributed by atoms with Gasteiger partial charge in [-0.1, -0.05) is 42.5 Å². The van der Waals surface area contributed by atoms with Crippen molar-refractivity contribution in [1.29, 1.82) is 0 Å². The summed E-state index contributed by atoms with van der Waals surface area (Å²) in [6, 6.07) is 9.49.